The van der Waals surface area contributed by atoms with Gasteiger partial charge in [0.05, 0.1) is 25.9 Å². The zero-order valence-electron chi connectivity index (χ0n) is 14.1. The molecule has 2 aromatic carbocycles. The number of hydrogen-bond acceptors (Lipinski definition) is 4. The smallest absolute Gasteiger partial charge is 0.416 e. The standard InChI is InChI=1S/C18H18F3NO4/c1-25-14-4-3-5-15(26-2)16(14)17(24)22-10-13(23)11-6-8-12(9-7-11)18(19,20)21/h3-9,13,23H,10H2,1-2H3,(H,22,24). The van der Waals surface area contributed by atoms with Crippen molar-refractivity contribution < 1.29 is 32.5 Å². The van der Waals surface area contributed by atoms with Gasteiger partial charge >= 0.3 is 6.18 Å². The Morgan fingerprint density at radius 3 is 2.08 bits per heavy atom. The average Bonchev–Trinajstić information content (AvgIpc) is 2.64. The SMILES string of the molecule is COc1cccc(OC)c1C(=O)NCC(O)c1ccc(C(F)(F)F)cc1. The highest BCUT2D eigenvalue weighted by Crippen LogP contribution is 2.30. The molecule has 2 N–H and O–H groups in total. The maximum absolute atomic E-state index is 12.6. The molecule has 140 valence electrons. The second kappa shape index (κ2) is 8.09. The summed E-state index contributed by atoms with van der Waals surface area (Å²) in [4.78, 5) is 12.4. The van der Waals surface area contributed by atoms with Crippen molar-refractivity contribution in [3.63, 3.8) is 0 Å². The van der Waals surface area contributed by atoms with E-state index in [-0.39, 0.29) is 17.7 Å². The third-order valence-electron chi connectivity index (χ3n) is 3.73. The summed E-state index contributed by atoms with van der Waals surface area (Å²) in [5.41, 5.74) is -0.390. The topological polar surface area (TPSA) is 67.8 Å². The van der Waals surface area contributed by atoms with Crippen molar-refractivity contribution in [1.29, 1.82) is 0 Å². The van der Waals surface area contributed by atoms with Crippen LogP contribution in [0.1, 0.15) is 27.6 Å². The molecule has 0 aliphatic carbocycles. The molecule has 0 bridgehead atoms. The third kappa shape index (κ3) is 4.45. The molecule has 2 aromatic rings. The second-order valence-corrected chi connectivity index (χ2v) is 5.38. The molecule has 0 fully saturated rings. The van der Waals surface area contributed by atoms with Crippen molar-refractivity contribution in [1.82, 2.24) is 5.32 Å². The van der Waals surface area contributed by atoms with Gasteiger partial charge in [-0.25, -0.2) is 0 Å². The third-order valence-corrected chi connectivity index (χ3v) is 3.73. The molecule has 0 saturated heterocycles. The van der Waals surface area contributed by atoms with E-state index in [4.69, 9.17) is 9.47 Å². The normalized spacial score (nSPS) is 12.4. The fourth-order valence-corrected chi connectivity index (χ4v) is 2.36. The number of halogens is 3. The van der Waals surface area contributed by atoms with Crippen LogP contribution in [-0.4, -0.2) is 31.8 Å². The van der Waals surface area contributed by atoms with Gasteiger partial charge in [-0.05, 0) is 29.8 Å². The first-order valence-electron chi connectivity index (χ1n) is 7.62. The molecule has 1 atom stereocenters. The minimum atomic E-state index is -4.45. The predicted octanol–water partition coefficient (Wildman–Crippen LogP) is 3.19. The molecule has 5 nitrogen and oxygen atoms in total. The fourth-order valence-electron chi connectivity index (χ4n) is 2.36. The van der Waals surface area contributed by atoms with Gasteiger partial charge < -0.3 is 19.9 Å². The number of alkyl halides is 3. The summed E-state index contributed by atoms with van der Waals surface area (Å²) in [5.74, 6) is 0.0574. The van der Waals surface area contributed by atoms with Gasteiger partial charge in [0, 0.05) is 6.54 Å². The summed E-state index contributed by atoms with van der Waals surface area (Å²) in [6.07, 6.45) is -5.61. The monoisotopic (exact) mass is 369 g/mol. The maximum atomic E-state index is 12.6. The Balaban J connectivity index is 2.08. The number of hydrogen-bond donors (Lipinski definition) is 2. The minimum Gasteiger partial charge on any atom is -0.496 e. The van der Waals surface area contributed by atoms with Crippen molar-refractivity contribution >= 4 is 5.91 Å². The largest absolute Gasteiger partial charge is 0.496 e. The van der Waals surface area contributed by atoms with Crippen LogP contribution in [0.5, 0.6) is 11.5 Å². The quantitative estimate of drug-likeness (QED) is 0.821. The molecule has 1 amide bonds. The highest BCUT2D eigenvalue weighted by Gasteiger charge is 2.30. The number of benzene rings is 2. The highest BCUT2D eigenvalue weighted by atomic mass is 19.4. The first-order valence-corrected chi connectivity index (χ1v) is 7.62. The Hall–Kier alpha value is -2.74. The van der Waals surface area contributed by atoms with Gasteiger partial charge in [-0.15, -0.1) is 0 Å². The molecule has 0 radical (unpaired) electrons. The van der Waals surface area contributed by atoms with Crippen molar-refractivity contribution in [3.8, 4) is 11.5 Å². The zero-order chi connectivity index (χ0) is 19.3. The van der Waals surface area contributed by atoms with Crippen LogP contribution >= 0.6 is 0 Å². The molecule has 0 aliphatic rings. The van der Waals surface area contributed by atoms with Crippen LogP contribution in [-0.2, 0) is 6.18 Å². The van der Waals surface area contributed by atoms with Crippen molar-refractivity contribution in [2.45, 2.75) is 12.3 Å². The molecule has 2 rings (SSSR count). The summed E-state index contributed by atoms with van der Waals surface area (Å²) >= 11 is 0. The predicted molar refractivity (Wildman–Crippen MR) is 88.3 cm³/mol. The van der Waals surface area contributed by atoms with Crippen LogP contribution in [0.25, 0.3) is 0 Å². The number of aliphatic hydroxyl groups is 1. The van der Waals surface area contributed by atoms with E-state index in [1.165, 1.54) is 26.4 Å². The van der Waals surface area contributed by atoms with Crippen molar-refractivity contribution in [2.75, 3.05) is 20.8 Å². The molecule has 0 spiro atoms. The van der Waals surface area contributed by atoms with Crippen LogP contribution < -0.4 is 14.8 Å². The van der Waals surface area contributed by atoms with E-state index in [1.807, 2.05) is 0 Å². The highest BCUT2D eigenvalue weighted by molar-refractivity contribution is 5.99. The van der Waals surface area contributed by atoms with Gasteiger partial charge in [0.1, 0.15) is 17.1 Å². The zero-order valence-corrected chi connectivity index (χ0v) is 14.1. The van der Waals surface area contributed by atoms with E-state index in [9.17, 15) is 23.1 Å². The van der Waals surface area contributed by atoms with Gasteiger partial charge in [-0.1, -0.05) is 18.2 Å². The summed E-state index contributed by atoms with van der Waals surface area (Å²) in [5, 5.41) is 12.6. The minimum absolute atomic E-state index is 0.164. The fraction of sp³-hybridized carbons (Fsp3) is 0.278. The lowest BCUT2D eigenvalue weighted by Gasteiger charge is -2.16. The van der Waals surface area contributed by atoms with Crippen LogP contribution in [0, 0.1) is 0 Å². The number of ether oxygens (including phenoxy) is 2. The van der Waals surface area contributed by atoms with Crippen molar-refractivity contribution in [3.05, 3.63) is 59.2 Å². The van der Waals surface area contributed by atoms with E-state index >= 15 is 0 Å². The number of carbonyl (C=O) groups is 1. The van der Waals surface area contributed by atoms with E-state index in [2.05, 4.69) is 5.32 Å². The summed E-state index contributed by atoms with van der Waals surface area (Å²) in [6, 6.07) is 8.93. The number of amides is 1. The summed E-state index contributed by atoms with van der Waals surface area (Å²) in [7, 11) is 2.81. The molecular weight excluding hydrogens is 351 g/mol. The molecule has 0 heterocycles. The molecule has 0 saturated carbocycles. The molecule has 0 aromatic heterocycles. The molecule has 1 unspecified atom stereocenters. The molecule has 26 heavy (non-hydrogen) atoms. The Labute approximate surface area is 148 Å². The second-order valence-electron chi connectivity index (χ2n) is 5.38. The van der Waals surface area contributed by atoms with Gasteiger partial charge in [0.25, 0.3) is 5.91 Å². The summed E-state index contributed by atoms with van der Waals surface area (Å²) in [6.45, 7) is -0.189. The lowest BCUT2D eigenvalue weighted by molar-refractivity contribution is -0.137. The van der Waals surface area contributed by atoms with Gasteiger partial charge in [-0.2, -0.15) is 13.2 Å². The summed E-state index contributed by atoms with van der Waals surface area (Å²) < 4.78 is 48.0. The maximum Gasteiger partial charge on any atom is 0.416 e. The Kier molecular flexibility index (Phi) is 6.10. The van der Waals surface area contributed by atoms with E-state index in [0.717, 1.165) is 12.1 Å². The lowest BCUT2D eigenvalue weighted by atomic mass is 10.1. The number of rotatable bonds is 6. The molecule has 0 aliphatic heterocycles. The van der Waals surface area contributed by atoms with Gasteiger partial charge in [0.15, 0.2) is 0 Å². The van der Waals surface area contributed by atoms with Crippen LogP contribution in [0.2, 0.25) is 0 Å². The Bertz CT molecular complexity index is 738. The lowest BCUT2D eigenvalue weighted by Crippen LogP contribution is -2.29. The first kappa shape index (κ1) is 19.6. The van der Waals surface area contributed by atoms with E-state index < -0.39 is 23.8 Å². The first-order chi connectivity index (χ1) is 12.3. The number of methoxy groups -OCH3 is 2. The Morgan fingerprint density at radius 1 is 1.08 bits per heavy atom. The molecule has 8 heteroatoms. The van der Waals surface area contributed by atoms with Crippen molar-refractivity contribution in [2.24, 2.45) is 0 Å². The number of aliphatic hydroxyl groups excluding tert-OH is 1. The van der Waals surface area contributed by atoms with Crippen LogP contribution in [0.15, 0.2) is 42.5 Å². The average molecular weight is 369 g/mol. The number of carbonyl (C=O) groups excluding carboxylic acids is 1. The van der Waals surface area contributed by atoms with E-state index in [1.54, 1.807) is 18.2 Å². The number of nitrogens with one attached hydrogen (secondary N) is 1. The van der Waals surface area contributed by atoms with Crippen LogP contribution in [0.3, 0.4) is 0 Å². The van der Waals surface area contributed by atoms with Crippen LogP contribution in [0.4, 0.5) is 13.2 Å². The molecular formula is C18H18F3NO4. The van der Waals surface area contributed by atoms with Gasteiger partial charge in [0.2, 0.25) is 0 Å². The Morgan fingerprint density at radius 2 is 1.62 bits per heavy atom. The van der Waals surface area contributed by atoms with E-state index in [0.29, 0.717) is 11.5 Å². The van der Waals surface area contributed by atoms with Gasteiger partial charge in [-0.3, -0.25) is 4.79 Å².